The van der Waals surface area contributed by atoms with E-state index in [-0.39, 0.29) is 10.7 Å². The molecule has 0 spiro atoms. The third-order valence-corrected chi connectivity index (χ3v) is 4.25. The number of hydrogen-bond acceptors (Lipinski definition) is 5. The van der Waals surface area contributed by atoms with Crippen LogP contribution in [0.4, 0.5) is 24.5 Å². The first kappa shape index (κ1) is 19.9. The van der Waals surface area contributed by atoms with Crippen LogP contribution in [0.1, 0.15) is 0 Å². The number of carboxylic acid groups (broad SMARTS) is 1. The summed E-state index contributed by atoms with van der Waals surface area (Å²) in [6.07, 6.45) is -4.69. The molecule has 142 valence electrons. The number of rotatable bonds is 5. The van der Waals surface area contributed by atoms with E-state index in [1.165, 1.54) is 12.1 Å². The second kappa shape index (κ2) is 7.46. The molecule has 2 rings (SSSR count). The van der Waals surface area contributed by atoms with E-state index in [9.17, 15) is 32.9 Å². The molecule has 2 atom stereocenters. The number of anilines is 1. The Labute approximate surface area is 149 Å². The summed E-state index contributed by atoms with van der Waals surface area (Å²) < 4.78 is 38.8. The Bertz CT molecular complexity index is 743. The second-order valence-electron chi connectivity index (χ2n) is 5.76. The molecule has 0 aliphatic carbocycles. The third-order valence-electron chi connectivity index (χ3n) is 3.93. The van der Waals surface area contributed by atoms with Crippen molar-refractivity contribution in [3.63, 3.8) is 0 Å². The highest BCUT2D eigenvalue weighted by molar-refractivity contribution is 6.32. The van der Waals surface area contributed by atoms with E-state index in [1.807, 2.05) is 0 Å². The highest BCUT2D eigenvalue weighted by Gasteiger charge is 2.52. The van der Waals surface area contributed by atoms with Gasteiger partial charge in [-0.25, -0.2) is 0 Å². The van der Waals surface area contributed by atoms with E-state index in [4.69, 9.17) is 16.7 Å². The van der Waals surface area contributed by atoms with Crippen molar-refractivity contribution in [3.05, 3.63) is 33.3 Å². The van der Waals surface area contributed by atoms with Gasteiger partial charge in [0.05, 0.1) is 23.3 Å². The highest BCUT2D eigenvalue weighted by Crippen LogP contribution is 2.37. The Morgan fingerprint density at radius 2 is 2.04 bits per heavy atom. The zero-order valence-corrected chi connectivity index (χ0v) is 13.8. The summed E-state index contributed by atoms with van der Waals surface area (Å²) in [6.45, 7) is -1.52. The molecule has 0 bridgehead atoms. The minimum absolute atomic E-state index is 0.0486. The monoisotopic (exact) mass is 395 g/mol. The largest absolute Gasteiger partial charge is 0.481 e. The van der Waals surface area contributed by atoms with Crippen LogP contribution < -0.4 is 5.32 Å². The molecule has 1 saturated heterocycles. The molecule has 12 heteroatoms. The minimum Gasteiger partial charge on any atom is -0.481 e. The first-order chi connectivity index (χ1) is 12.0. The molecule has 1 fully saturated rings. The van der Waals surface area contributed by atoms with Crippen molar-refractivity contribution in [2.24, 2.45) is 11.8 Å². The van der Waals surface area contributed by atoms with Gasteiger partial charge in [0.25, 0.3) is 5.69 Å². The van der Waals surface area contributed by atoms with Crippen molar-refractivity contribution in [1.29, 1.82) is 0 Å². The molecular weight excluding hydrogens is 383 g/mol. The standard InChI is InChI=1S/C14H13ClF3N3O5/c15-10-2-1-7(3-11(10)21(25)26)19-12(22)6-20-4-8(13(23)24)9(5-20)14(16,17)18/h1-3,8-9H,4-6H2,(H,19,22)(H,23,24)/t8-,9-/m1/s1. The topological polar surface area (TPSA) is 113 Å². The Morgan fingerprint density at radius 3 is 2.54 bits per heavy atom. The van der Waals surface area contributed by atoms with Crippen LogP contribution in [-0.4, -0.2) is 52.6 Å². The number of nitro benzene ring substituents is 1. The lowest BCUT2D eigenvalue weighted by molar-refractivity contribution is -0.384. The molecule has 0 saturated carbocycles. The Hall–Kier alpha value is -2.40. The van der Waals surface area contributed by atoms with Gasteiger partial charge in [0, 0.05) is 24.8 Å². The summed E-state index contributed by atoms with van der Waals surface area (Å²) in [4.78, 5) is 34.1. The van der Waals surface area contributed by atoms with Gasteiger partial charge in [0.2, 0.25) is 5.91 Å². The van der Waals surface area contributed by atoms with E-state index in [1.54, 1.807) is 0 Å². The minimum atomic E-state index is -4.69. The number of aliphatic carboxylic acids is 1. The average molecular weight is 396 g/mol. The number of nitro groups is 1. The van der Waals surface area contributed by atoms with Crippen molar-refractivity contribution >= 4 is 34.9 Å². The van der Waals surface area contributed by atoms with Crippen LogP contribution >= 0.6 is 11.6 Å². The Morgan fingerprint density at radius 1 is 1.38 bits per heavy atom. The Balaban J connectivity index is 2.03. The van der Waals surface area contributed by atoms with Gasteiger partial charge in [-0.1, -0.05) is 11.6 Å². The number of carbonyl (C=O) groups is 2. The fourth-order valence-corrected chi connectivity index (χ4v) is 2.92. The molecule has 0 radical (unpaired) electrons. The van der Waals surface area contributed by atoms with Crippen LogP contribution in [0.2, 0.25) is 5.02 Å². The Kier molecular flexibility index (Phi) is 5.71. The third kappa shape index (κ3) is 4.61. The lowest BCUT2D eigenvalue weighted by Crippen LogP contribution is -2.34. The summed E-state index contributed by atoms with van der Waals surface area (Å²) >= 11 is 5.64. The highest BCUT2D eigenvalue weighted by atomic mass is 35.5. The molecular formula is C14H13ClF3N3O5. The number of benzene rings is 1. The number of amides is 1. The molecule has 2 N–H and O–H groups in total. The lowest BCUT2D eigenvalue weighted by Gasteiger charge is -2.18. The van der Waals surface area contributed by atoms with Crippen molar-refractivity contribution in [2.75, 3.05) is 25.0 Å². The normalized spacial score (nSPS) is 20.8. The molecule has 26 heavy (non-hydrogen) atoms. The van der Waals surface area contributed by atoms with Crippen molar-refractivity contribution in [1.82, 2.24) is 4.90 Å². The predicted octanol–water partition coefficient (Wildman–Crippen LogP) is 2.38. The molecule has 1 aromatic rings. The van der Waals surface area contributed by atoms with E-state index in [0.717, 1.165) is 11.0 Å². The average Bonchev–Trinajstić information content (AvgIpc) is 2.93. The zero-order chi connectivity index (χ0) is 19.6. The van der Waals surface area contributed by atoms with Gasteiger partial charge in [0.1, 0.15) is 5.02 Å². The van der Waals surface area contributed by atoms with Crippen molar-refractivity contribution < 1.29 is 32.8 Å². The molecule has 1 heterocycles. The molecule has 1 aromatic carbocycles. The van der Waals surface area contributed by atoms with Gasteiger partial charge in [-0.2, -0.15) is 13.2 Å². The molecule has 1 amide bonds. The van der Waals surface area contributed by atoms with Crippen LogP contribution in [0.25, 0.3) is 0 Å². The van der Waals surface area contributed by atoms with Crippen molar-refractivity contribution in [3.8, 4) is 0 Å². The molecule has 8 nitrogen and oxygen atoms in total. The van der Waals surface area contributed by atoms with Gasteiger partial charge in [-0.15, -0.1) is 0 Å². The van der Waals surface area contributed by atoms with Crippen LogP contribution in [0.15, 0.2) is 18.2 Å². The molecule has 0 unspecified atom stereocenters. The van der Waals surface area contributed by atoms with E-state index < -0.39 is 60.1 Å². The van der Waals surface area contributed by atoms with E-state index in [2.05, 4.69) is 5.32 Å². The summed E-state index contributed by atoms with van der Waals surface area (Å²) in [5.41, 5.74) is -0.388. The number of likely N-dealkylation sites (tertiary alicyclic amines) is 1. The zero-order valence-electron chi connectivity index (χ0n) is 13.0. The van der Waals surface area contributed by atoms with E-state index >= 15 is 0 Å². The quantitative estimate of drug-likeness (QED) is 0.584. The number of carboxylic acids is 1. The summed E-state index contributed by atoms with van der Waals surface area (Å²) in [5, 5.41) is 21.9. The van der Waals surface area contributed by atoms with Crippen LogP contribution in [0, 0.1) is 22.0 Å². The van der Waals surface area contributed by atoms with Gasteiger partial charge in [-0.05, 0) is 12.1 Å². The van der Waals surface area contributed by atoms with Gasteiger partial charge in [0.15, 0.2) is 0 Å². The number of halogens is 4. The molecule has 0 aromatic heterocycles. The fourth-order valence-electron chi connectivity index (χ4n) is 2.73. The van der Waals surface area contributed by atoms with Crippen LogP contribution in [0.5, 0.6) is 0 Å². The van der Waals surface area contributed by atoms with Crippen molar-refractivity contribution in [2.45, 2.75) is 6.18 Å². The summed E-state index contributed by atoms with van der Waals surface area (Å²) in [7, 11) is 0. The number of carbonyl (C=O) groups excluding carboxylic acids is 1. The maximum Gasteiger partial charge on any atom is 0.393 e. The van der Waals surface area contributed by atoms with Crippen LogP contribution in [-0.2, 0) is 9.59 Å². The fraction of sp³-hybridized carbons (Fsp3) is 0.429. The first-order valence-electron chi connectivity index (χ1n) is 7.24. The maximum absolute atomic E-state index is 12.9. The maximum atomic E-state index is 12.9. The molecule has 1 aliphatic rings. The van der Waals surface area contributed by atoms with Gasteiger partial charge in [-0.3, -0.25) is 24.6 Å². The van der Waals surface area contributed by atoms with Gasteiger partial charge < -0.3 is 10.4 Å². The smallest absolute Gasteiger partial charge is 0.393 e. The summed E-state index contributed by atoms with van der Waals surface area (Å²) in [6, 6.07) is 3.52. The first-order valence-corrected chi connectivity index (χ1v) is 7.62. The molecule has 1 aliphatic heterocycles. The lowest BCUT2D eigenvalue weighted by atomic mass is 9.96. The second-order valence-corrected chi connectivity index (χ2v) is 6.17. The number of nitrogens with zero attached hydrogens (tertiary/aromatic N) is 2. The number of nitrogens with one attached hydrogen (secondary N) is 1. The van der Waals surface area contributed by atoms with E-state index in [0.29, 0.717) is 0 Å². The van der Waals surface area contributed by atoms with Crippen LogP contribution in [0.3, 0.4) is 0 Å². The number of alkyl halides is 3. The predicted molar refractivity (Wildman–Crippen MR) is 83.8 cm³/mol. The van der Waals surface area contributed by atoms with Gasteiger partial charge >= 0.3 is 12.1 Å². The SMILES string of the molecule is O=C(CN1C[C@@H](C(F)(F)F)[C@H](C(=O)O)C1)Nc1ccc(Cl)c([N+](=O)[O-])c1. The summed E-state index contributed by atoms with van der Waals surface area (Å²) in [5.74, 6) is -6.03. The number of hydrogen-bond donors (Lipinski definition) is 2.